The molecule has 0 aliphatic carbocycles. The number of halogens is 1. The number of ether oxygens (including phenoxy) is 1. The highest BCUT2D eigenvalue weighted by atomic mass is 35.5. The fourth-order valence-electron chi connectivity index (χ4n) is 1.58. The Bertz CT molecular complexity index is 538. The van der Waals surface area contributed by atoms with Crippen LogP contribution in [-0.4, -0.2) is 21.9 Å². The zero-order valence-corrected chi connectivity index (χ0v) is 10.7. The number of rotatable bonds is 5. The normalized spacial score (nSPS) is 10.3. The second-order valence-corrected chi connectivity index (χ2v) is 4.28. The Morgan fingerprint density at radius 1 is 1.50 bits per heavy atom. The summed E-state index contributed by atoms with van der Waals surface area (Å²) in [6.45, 7) is 2.65. The highest BCUT2D eigenvalue weighted by Gasteiger charge is 2.09. The van der Waals surface area contributed by atoms with Gasteiger partial charge in [0.2, 0.25) is 0 Å². The van der Waals surface area contributed by atoms with Crippen LogP contribution in [-0.2, 0) is 6.54 Å². The van der Waals surface area contributed by atoms with E-state index < -0.39 is 0 Å². The van der Waals surface area contributed by atoms with Gasteiger partial charge < -0.3 is 9.30 Å². The van der Waals surface area contributed by atoms with Gasteiger partial charge in [0.05, 0.1) is 18.4 Å². The molecule has 0 bridgehead atoms. The van der Waals surface area contributed by atoms with Gasteiger partial charge >= 0.3 is 0 Å². The Kier molecular flexibility index (Phi) is 3.99. The largest absolute Gasteiger partial charge is 0.491 e. The van der Waals surface area contributed by atoms with Crippen molar-refractivity contribution in [1.29, 1.82) is 0 Å². The topological polar surface area (TPSA) is 44.1 Å². The van der Waals surface area contributed by atoms with E-state index in [-0.39, 0.29) is 5.78 Å². The number of benzene rings is 1. The van der Waals surface area contributed by atoms with Gasteiger partial charge in [-0.2, -0.15) is 0 Å². The smallest absolute Gasteiger partial charge is 0.163 e. The van der Waals surface area contributed by atoms with E-state index in [1.807, 2.05) is 10.8 Å². The number of hydrogen-bond acceptors (Lipinski definition) is 3. The molecule has 2 rings (SSSR count). The van der Waals surface area contributed by atoms with Gasteiger partial charge in [0.15, 0.2) is 5.78 Å². The predicted octanol–water partition coefficient (Wildman–Crippen LogP) is 2.82. The van der Waals surface area contributed by atoms with Crippen molar-refractivity contribution >= 4 is 17.4 Å². The van der Waals surface area contributed by atoms with Crippen LogP contribution >= 0.6 is 11.6 Å². The van der Waals surface area contributed by atoms with E-state index in [1.54, 1.807) is 30.7 Å². The van der Waals surface area contributed by atoms with E-state index in [1.165, 1.54) is 6.92 Å². The molecule has 1 heterocycles. The lowest BCUT2D eigenvalue weighted by molar-refractivity contribution is 0.101. The van der Waals surface area contributed by atoms with Gasteiger partial charge in [0, 0.05) is 17.4 Å². The molecule has 2 aromatic rings. The maximum absolute atomic E-state index is 11.5. The van der Waals surface area contributed by atoms with Crippen LogP contribution in [0.1, 0.15) is 17.3 Å². The summed E-state index contributed by atoms with van der Waals surface area (Å²) in [6.07, 6.45) is 5.29. The van der Waals surface area contributed by atoms with E-state index in [2.05, 4.69) is 4.98 Å². The van der Waals surface area contributed by atoms with Gasteiger partial charge in [-0.1, -0.05) is 11.6 Å². The van der Waals surface area contributed by atoms with Crippen LogP contribution in [0.2, 0.25) is 5.02 Å². The first-order valence-electron chi connectivity index (χ1n) is 5.56. The molecule has 0 atom stereocenters. The Morgan fingerprint density at radius 3 is 3.00 bits per heavy atom. The predicted molar refractivity (Wildman–Crippen MR) is 69.2 cm³/mol. The molecule has 5 heteroatoms. The van der Waals surface area contributed by atoms with Crippen molar-refractivity contribution in [2.45, 2.75) is 13.5 Å². The first-order valence-corrected chi connectivity index (χ1v) is 5.93. The fourth-order valence-corrected chi connectivity index (χ4v) is 1.76. The standard InChI is InChI=1S/C13H13ClN2O2/c1-10(17)12-8-11(14)2-3-13(12)18-7-6-16-5-4-15-9-16/h2-5,8-9H,6-7H2,1H3. The summed E-state index contributed by atoms with van der Waals surface area (Å²) in [7, 11) is 0. The molecule has 0 saturated carbocycles. The molecule has 0 fully saturated rings. The van der Waals surface area contributed by atoms with E-state index in [9.17, 15) is 4.79 Å². The van der Waals surface area contributed by atoms with E-state index in [0.717, 1.165) is 0 Å². The van der Waals surface area contributed by atoms with Gasteiger partial charge in [0.1, 0.15) is 12.4 Å². The molecule has 1 aromatic carbocycles. The molecule has 18 heavy (non-hydrogen) atoms. The third-order valence-corrected chi connectivity index (χ3v) is 2.72. The van der Waals surface area contributed by atoms with Crippen LogP contribution < -0.4 is 4.74 Å². The molecule has 0 unspecified atom stereocenters. The number of hydrogen-bond donors (Lipinski definition) is 0. The SMILES string of the molecule is CC(=O)c1cc(Cl)ccc1OCCn1ccnc1. The lowest BCUT2D eigenvalue weighted by Gasteiger charge is -2.10. The zero-order valence-electron chi connectivity index (χ0n) is 9.97. The molecule has 4 nitrogen and oxygen atoms in total. The number of ketones is 1. The summed E-state index contributed by atoms with van der Waals surface area (Å²) in [5.74, 6) is 0.502. The maximum Gasteiger partial charge on any atom is 0.163 e. The van der Waals surface area contributed by atoms with E-state index in [0.29, 0.717) is 29.5 Å². The third-order valence-electron chi connectivity index (χ3n) is 2.49. The molecule has 0 spiro atoms. The highest BCUT2D eigenvalue weighted by molar-refractivity contribution is 6.31. The van der Waals surface area contributed by atoms with Crippen molar-refractivity contribution in [1.82, 2.24) is 9.55 Å². The first-order chi connectivity index (χ1) is 8.66. The number of nitrogens with zero attached hydrogens (tertiary/aromatic N) is 2. The van der Waals surface area contributed by atoms with Crippen LogP contribution in [0.3, 0.4) is 0 Å². The lowest BCUT2D eigenvalue weighted by atomic mass is 10.1. The molecule has 0 aliphatic rings. The first kappa shape index (κ1) is 12.6. The number of Topliss-reactive ketones (excluding diaryl/α,β-unsaturated/α-hetero) is 1. The second-order valence-electron chi connectivity index (χ2n) is 3.85. The van der Waals surface area contributed by atoms with Crippen molar-refractivity contribution < 1.29 is 9.53 Å². The molecule has 0 radical (unpaired) electrons. The maximum atomic E-state index is 11.5. The molecule has 94 valence electrons. The number of carbonyl (C=O) groups excluding carboxylic acids is 1. The van der Waals surface area contributed by atoms with Gasteiger partial charge in [-0.15, -0.1) is 0 Å². The molecule has 0 saturated heterocycles. The molecule has 0 aliphatic heterocycles. The fraction of sp³-hybridized carbons (Fsp3) is 0.231. The van der Waals surface area contributed by atoms with Crippen molar-refractivity contribution in [3.8, 4) is 5.75 Å². The summed E-state index contributed by atoms with van der Waals surface area (Å²) < 4.78 is 7.50. The van der Waals surface area contributed by atoms with E-state index in [4.69, 9.17) is 16.3 Å². The van der Waals surface area contributed by atoms with Gasteiger partial charge in [-0.05, 0) is 25.1 Å². The summed E-state index contributed by atoms with van der Waals surface area (Å²) in [5.41, 5.74) is 0.508. The summed E-state index contributed by atoms with van der Waals surface area (Å²) in [6, 6.07) is 5.05. The van der Waals surface area contributed by atoms with Crippen LogP contribution in [0.5, 0.6) is 5.75 Å². The number of imidazole rings is 1. The Morgan fingerprint density at radius 2 is 2.33 bits per heavy atom. The molecule has 1 aromatic heterocycles. The Hall–Kier alpha value is -1.81. The molecule has 0 amide bonds. The minimum absolute atomic E-state index is 0.0601. The van der Waals surface area contributed by atoms with Crippen molar-refractivity contribution in [3.05, 3.63) is 47.5 Å². The molecule has 0 N–H and O–H groups in total. The van der Waals surface area contributed by atoms with Crippen molar-refractivity contribution in [2.75, 3.05) is 6.61 Å². The average Bonchev–Trinajstić information content (AvgIpc) is 2.84. The average molecular weight is 265 g/mol. The van der Waals surface area contributed by atoms with Crippen LogP contribution in [0, 0.1) is 0 Å². The molecular weight excluding hydrogens is 252 g/mol. The monoisotopic (exact) mass is 264 g/mol. The summed E-state index contributed by atoms with van der Waals surface area (Å²) in [5, 5.41) is 0.530. The Labute approximate surface area is 110 Å². The van der Waals surface area contributed by atoms with Crippen LogP contribution in [0.25, 0.3) is 0 Å². The minimum atomic E-state index is -0.0601. The second kappa shape index (κ2) is 5.69. The number of aromatic nitrogens is 2. The van der Waals surface area contributed by atoms with Crippen LogP contribution in [0.4, 0.5) is 0 Å². The van der Waals surface area contributed by atoms with E-state index >= 15 is 0 Å². The van der Waals surface area contributed by atoms with Gasteiger partial charge in [0.25, 0.3) is 0 Å². The molecular formula is C13H13ClN2O2. The minimum Gasteiger partial charge on any atom is -0.491 e. The summed E-state index contributed by atoms with van der Waals surface area (Å²) in [4.78, 5) is 15.4. The van der Waals surface area contributed by atoms with Crippen molar-refractivity contribution in [2.24, 2.45) is 0 Å². The quantitative estimate of drug-likeness (QED) is 0.780. The lowest BCUT2D eigenvalue weighted by Crippen LogP contribution is -2.08. The van der Waals surface area contributed by atoms with Gasteiger partial charge in [-0.25, -0.2) is 4.98 Å². The van der Waals surface area contributed by atoms with Gasteiger partial charge in [-0.3, -0.25) is 4.79 Å². The zero-order chi connectivity index (χ0) is 13.0. The summed E-state index contributed by atoms with van der Waals surface area (Å²) >= 11 is 5.86. The van der Waals surface area contributed by atoms with Crippen LogP contribution in [0.15, 0.2) is 36.9 Å². The highest BCUT2D eigenvalue weighted by Crippen LogP contribution is 2.23. The van der Waals surface area contributed by atoms with Crippen molar-refractivity contribution in [3.63, 3.8) is 0 Å². The number of carbonyl (C=O) groups is 1. The Balaban J connectivity index is 2.02. The third kappa shape index (κ3) is 3.11.